The lowest BCUT2D eigenvalue weighted by Gasteiger charge is -2.17. The molecule has 0 spiro atoms. The number of rotatable bonds is 4. The molecule has 4 nitrogen and oxygen atoms in total. The predicted octanol–water partition coefficient (Wildman–Crippen LogP) is 3.06. The third-order valence-corrected chi connectivity index (χ3v) is 3.75. The molecule has 5 heteroatoms. The Hall–Kier alpha value is -2.14. The molecular weight excluding hydrogens is 334 g/mol. The fraction of sp³-hybridized carbons (Fsp3) is 0.125. The van der Waals surface area contributed by atoms with E-state index in [4.69, 9.17) is 4.74 Å². The van der Waals surface area contributed by atoms with E-state index < -0.39 is 11.7 Å². The van der Waals surface area contributed by atoms with E-state index in [0.29, 0.717) is 24.4 Å². The minimum absolute atomic E-state index is 0.328. The highest BCUT2D eigenvalue weighted by Crippen LogP contribution is 2.31. The summed E-state index contributed by atoms with van der Waals surface area (Å²) in [5.41, 5.74) is 1.08. The molecule has 0 atom stereocenters. The normalized spacial score (nSPS) is 13.5. The van der Waals surface area contributed by atoms with Crippen LogP contribution < -0.4 is 9.64 Å². The molecule has 0 fully saturated rings. The molecule has 0 radical (unpaired) electrons. The van der Waals surface area contributed by atoms with Gasteiger partial charge < -0.3 is 9.64 Å². The van der Waals surface area contributed by atoms with Crippen LogP contribution in [0.15, 0.2) is 53.0 Å². The van der Waals surface area contributed by atoms with Crippen LogP contribution in [-0.2, 0) is 4.79 Å². The predicted molar refractivity (Wildman–Crippen MR) is 82.8 cm³/mol. The molecule has 106 valence electrons. The lowest BCUT2D eigenvalue weighted by atomic mass is 10.1. The molecule has 1 amide bonds. The second kappa shape index (κ2) is 5.69. The number of hydrogen-bond donors (Lipinski definition) is 0. The number of hydrogen-bond acceptors (Lipinski definition) is 3. The number of amides is 1. The van der Waals surface area contributed by atoms with Crippen molar-refractivity contribution in [3.05, 3.63) is 58.6 Å². The van der Waals surface area contributed by atoms with Crippen molar-refractivity contribution in [2.24, 2.45) is 0 Å². The number of carbonyl (C=O) groups excluding carboxylic acids is 2. The maximum Gasteiger partial charge on any atom is 0.299 e. The quantitative estimate of drug-likeness (QED) is 0.800. The molecule has 1 aliphatic heterocycles. The lowest BCUT2D eigenvalue weighted by Crippen LogP contribution is -2.33. The van der Waals surface area contributed by atoms with Gasteiger partial charge in [-0.2, -0.15) is 0 Å². The number of ether oxygens (including phenoxy) is 1. The molecule has 2 aromatic rings. The minimum atomic E-state index is -0.500. The Balaban J connectivity index is 1.73. The Bertz CT molecular complexity index is 700. The summed E-state index contributed by atoms with van der Waals surface area (Å²) in [6.45, 7) is 0.665. The summed E-state index contributed by atoms with van der Waals surface area (Å²) in [6.07, 6.45) is 0. The molecule has 21 heavy (non-hydrogen) atoms. The van der Waals surface area contributed by atoms with Gasteiger partial charge in [-0.25, -0.2) is 0 Å². The van der Waals surface area contributed by atoms with E-state index >= 15 is 0 Å². The third-order valence-electron chi connectivity index (χ3n) is 3.26. The maximum absolute atomic E-state index is 12.0. The van der Waals surface area contributed by atoms with Crippen LogP contribution in [0, 0.1) is 0 Å². The standard InChI is InChI=1S/C16H12BrNO3/c17-11-6-7-13-14(10-11)18(16(20)15(13)19)8-9-21-12-4-2-1-3-5-12/h1-7,10H,8-9H2. The van der Waals surface area contributed by atoms with E-state index in [1.165, 1.54) is 4.90 Å². The van der Waals surface area contributed by atoms with Crippen molar-refractivity contribution in [1.29, 1.82) is 0 Å². The SMILES string of the molecule is O=C1C(=O)N(CCOc2ccccc2)c2cc(Br)ccc21. The molecule has 1 heterocycles. The highest BCUT2D eigenvalue weighted by Gasteiger charge is 2.35. The summed E-state index contributed by atoms with van der Waals surface area (Å²) in [5, 5.41) is 0. The summed E-state index contributed by atoms with van der Waals surface area (Å²) < 4.78 is 6.41. The van der Waals surface area contributed by atoms with Gasteiger partial charge in [-0.15, -0.1) is 0 Å². The Kier molecular flexibility index (Phi) is 3.75. The van der Waals surface area contributed by atoms with Crippen molar-refractivity contribution in [2.45, 2.75) is 0 Å². The first-order chi connectivity index (χ1) is 10.2. The van der Waals surface area contributed by atoms with Crippen LogP contribution in [-0.4, -0.2) is 24.8 Å². The molecule has 1 aliphatic rings. The van der Waals surface area contributed by atoms with Crippen molar-refractivity contribution in [1.82, 2.24) is 0 Å². The molecule has 0 saturated carbocycles. The average molecular weight is 346 g/mol. The van der Waals surface area contributed by atoms with E-state index in [9.17, 15) is 9.59 Å². The van der Waals surface area contributed by atoms with Crippen LogP contribution in [0.1, 0.15) is 10.4 Å². The fourth-order valence-corrected chi connectivity index (χ4v) is 2.61. The largest absolute Gasteiger partial charge is 0.492 e. The monoisotopic (exact) mass is 345 g/mol. The number of para-hydroxylation sites is 1. The van der Waals surface area contributed by atoms with E-state index in [2.05, 4.69) is 15.9 Å². The zero-order chi connectivity index (χ0) is 14.8. The van der Waals surface area contributed by atoms with Gasteiger partial charge in [0.1, 0.15) is 12.4 Å². The van der Waals surface area contributed by atoms with Gasteiger partial charge in [0.15, 0.2) is 0 Å². The van der Waals surface area contributed by atoms with E-state index in [1.807, 2.05) is 30.3 Å². The zero-order valence-corrected chi connectivity index (χ0v) is 12.7. The van der Waals surface area contributed by atoms with Crippen LogP contribution >= 0.6 is 15.9 Å². The fourth-order valence-electron chi connectivity index (χ4n) is 2.26. The van der Waals surface area contributed by atoms with Crippen LogP contribution in [0.5, 0.6) is 5.75 Å². The van der Waals surface area contributed by atoms with Crippen molar-refractivity contribution in [3.8, 4) is 5.75 Å². The summed E-state index contributed by atoms with van der Waals surface area (Å²) in [5.74, 6) is -0.220. The van der Waals surface area contributed by atoms with Gasteiger partial charge >= 0.3 is 0 Å². The molecule has 0 aliphatic carbocycles. The lowest BCUT2D eigenvalue weighted by molar-refractivity contribution is -0.114. The number of ketones is 1. The second-order valence-corrected chi connectivity index (χ2v) is 5.52. The molecule has 3 rings (SSSR count). The minimum Gasteiger partial charge on any atom is -0.492 e. The zero-order valence-electron chi connectivity index (χ0n) is 11.1. The molecule has 0 aromatic heterocycles. The summed E-state index contributed by atoms with van der Waals surface area (Å²) in [7, 11) is 0. The molecule has 0 unspecified atom stereocenters. The van der Waals surface area contributed by atoms with Crippen molar-refractivity contribution < 1.29 is 14.3 Å². The molecule has 0 bridgehead atoms. The van der Waals surface area contributed by atoms with Gasteiger partial charge in [0.25, 0.3) is 11.7 Å². The van der Waals surface area contributed by atoms with Crippen molar-refractivity contribution >= 4 is 33.3 Å². The first-order valence-corrected chi connectivity index (χ1v) is 7.30. The number of Topliss-reactive ketones (excluding diaryl/α,β-unsaturated/α-hetero) is 1. The highest BCUT2D eigenvalue weighted by molar-refractivity contribution is 9.10. The first kappa shape index (κ1) is 13.8. The van der Waals surface area contributed by atoms with E-state index in [0.717, 1.165) is 10.2 Å². The van der Waals surface area contributed by atoms with Gasteiger partial charge in [-0.3, -0.25) is 9.59 Å². The smallest absolute Gasteiger partial charge is 0.299 e. The molecular formula is C16H12BrNO3. The summed E-state index contributed by atoms with van der Waals surface area (Å²) in [6, 6.07) is 14.6. The van der Waals surface area contributed by atoms with Gasteiger partial charge in [-0.05, 0) is 30.3 Å². The van der Waals surface area contributed by atoms with Gasteiger partial charge in [0, 0.05) is 4.47 Å². The highest BCUT2D eigenvalue weighted by atomic mass is 79.9. The van der Waals surface area contributed by atoms with Crippen LogP contribution in [0.4, 0.5) is 5.69 Å². The number of anilines is 1. The van der Waals surface area contributed by atoms with Crippen molar-refractivity contribution in [2.75, 3.05) is 18.1 Å². The molecule has 0 N–H and O–H groups in total. The third kappa shape index (κ3) is 2.69. The van der Waals surface area contributed by atoms with Crippen LogP contribution in [0.3, 0.4) is 0 Å². The Morgan fingerprint density at radius 1 is 1.05 bits per heavy atom. The topological polar surface area (TPSA) is 46.6 Å². The average Bonchev–Trinajstić information content (AvgIpc) is 2.73. The summed E-state index contributed by atoms with van der Waals surface area (Å²) in [4.78, 5) is 25.4. The number of benzene rings is 2. The van der Waals surface area contributed by atoms with Gasteiger partial charge in [0.2, 0.25) is 0 Å². The summed E-state index contributed by atoms with van der Waals surface area (Å²) >= 11 is 3.36. The van der Waals surface area contributed by atoms with Gasteiger partial charge in [-0.1, -0.05) is 34.1 Å². The number of halogens is 1. The van der Waals surface area contributed by atoms with Crippen LogP contribution in [0.2, 0.25) is 0 Å². The molecule has 0 saturated heterocycles. The van der Waals surface area contributed by atoms with E-state index in [1.54, 1.807) is 18.2 Å². The van der Waals surface area contributed by atoms with E-state index in [-0.39, 0.29) is 0 Å². The van der Waals surface area contributed by atoms with Crippen molar-refractivity contribution in [3.63, 3.8) is 0 Å². The second-order valence-electron chi connectivity index (χ2n) is 4.61. The first-order valence-electron chi connectivity index (χ1n) is 6.50. The number of carbonyl (C=O) groups is 2. The number of nitrogens with zero attached hydrogens (tertiary/aromatic N) is 1. The Labute approximate surface area is 130 Å². The maximum atomic E-state index is 12.0. The molecule has 2 aromatic carbocycles. The Morgan fingerprint density at radius 2 is 1.81 bits per heavy atom. The van der Waals surface area contributed by atoms with Crippen LogP contribution in [0.25, 0.3) is 0 Å². The number of fused-ring (bicyclic) bond motifs is 1. The van der Waals surface area contributed by atoms with Gasteiger partial charge in [0.05, 0.1) is 17.8 Å². The Morgan fingerprint density at radius 3 is 2.57 bits per heavy atom.